The summed E-state index contributed by atoms with van der Waals surface area (Å²) in [7, 11) is 0. The van der Waals surface area contributed by atoms with Crippen LogP contribution in [0.25, 0.3) is 0 Å². The molecule has 0 saturated heterocycles. The molecule has 1 heterocycles. The monoisotopic (exact) mass is 410 g/mol. The summed E-state index contributed by atoms with van der Waals surface area (Å²) in [6.07, 6.45) is 3.18. The number of ketones is 1. The smallest absolute Gasteiger partial charge is 0.262 e. The number of carbonyl (C=O) groups is 2. The Morgan fingerprint density at radius 3 is 2.23 bits per heavy atom. The van der Waals surface area contributed by atoms with E-state index in [2.05, 4.69) is 26.2 Å². The van der Waals surface area contributed by atoms with E-state index in [4.69, 9.17) is 4.74 Å². The number of aromatic nitrogens is 1. The first-order valence-electron chi connectivity index (χ1n) is 7.85. The lowest BCUT2D eigenvalue weighted by Gasteiger charge is -2.08. The molecule has 0 aliphatic rings. The third-order valence-electron chi connectivity index (χ3n) is 3.54. The fourth-order valence-electron chi connectivity index (χ4n) is 2.25. The van der Waals surface area contributed by atoms with Crippen LogP contribution in [0, 0.1) is 0 Å². The lowest BCUT2D eigenvalue weighted by atomic mass is 10.0. The summed E-state index contributed by atoms with van der Waals surface area (Å²) in [6.45, 7) is -0.130. The van der Waals surface area contributed by atoms with Crippen molar-refractivity contribution in [2.24, 2.45) is 0 Å². The molecule has 0 aliphatic heterocycles. The van der Waals surface area contributed by atoms with Crippen molar-refractivity contribution in [2.45, 2.75) is 0 Å². The Morgan fingerprint density at radius 1 is 0.962 bits per heavy atom. The summed E-state index contributed by atoms with van der Waals surface area (Å²) < 4.78 is 6.37. The molecule has 3 rings (SSSR count). The Morgan fingerprint density at radius 2 is 1.62 bits per heavy atom. The minimum Gasteiger partial charge on any atom is -0.484 e. The van der Waals surface area contributed by atoms with E-state index in [0.717, 1.165) is 4.47 Å². The van der Waals surface area contributed by atoms with E-state index >= 15 is 0 Å². The van der Waals surface area contributed by atoms with Gasteiger partial charge in [0.15, 0.2) is 12.4 Å². The highest BCUT2D eigenvalue weighted by Gasteiger charge is 2.09. The summed E-state index contributed by atoms with van der Waals surface area (Å²) in [5, 5.41) is 2.68. The molecule has 2 aromatic carbocycles. The van der Waals surface area contributed by atoms with Gasteiger partial charge in [-0.1, -0.05) is 15.9 Å². The van der Waals surface area contributed by atoms with Crippen LogP contribution >= 0.6 is 15.9 Å². The zero-order valence-electron chi connectivity index (χ0n) is 13.7. The fraction of sp³-hybridized carbons (Fsp3) is 0.0500. The van der Waals surface area contributed by atoms with Crippen LogP contribution in [0.4, 0.5) is 5.69 Å². The molecule has 1 N–H and O–H groups in total. The van der Waals surface area contributed by atoms with Crippen LogP contribution in [0.5, 0.6) is 5.75 Å². The maximum absolute atomic E-state index is 12.4. The predicted octanol–water partition coefficient (Wildman–Crippen LogP) is 4.09. The van der Waals surface area contributed by atoms with E-state index in [9.17, 15) is 9.59 Å². The Kier molecular flexibility index (Phi) is 5.76. The summed E-state index contributed by atoms with van der Waals surface area (Å²) in [5.74, 6) is 0.157. The van der Waals surface area contributed by atoms with Crippen molar-refractivity contribution in [2.75, 3.05) is 11.9 Å². The minimum atomic E-state index is -0.284. The van der Waals surface area contributed by atoms with E-state index in [1.165, 1.54) is 0 Å². The average molecular weight is 411 g/mol. The number of nitrogens with zero attached hydrogens (tertiary/aromatic N) is 1. The highest BCUT2D eigenvalue weighted by Crippen LogP contribution is 2.17. The van der Waals surface area contributed by atoms with Crippen LogP contribution in [0.15, 0.2) is 77.5 Å². The van der Waals surface area contributed by atoms with Gasteiger partial charge in [-0.15, -0.1) is 0 Å². The van der Waals surface area contributed by atoms with Crippen LogP contribution in [0.2, 0.25) is 0 Å². The fourth-order valence-corrected chi connectivity index (χ4v) is 2.52. The average Bonchev–Trinajstić information content (AvgIpc) is 2.68. The molecule has 0 unspecified atom stereocenters. The zero-order chi connectivity index (χ0) is 18.4. The van der Waals surface area contributed by atoms with Crippen molar-refractivity contribution in [3.8, 4) is 5.75 Å². The van der Waals surface area contributed by atoms with Gasteiger partial charge in [0.25, 0.3) is 5.91 Å². The van der Waals surface area contributed by atoms with E-state index in [1.54, 1.807) is 60.9 Å². The van der Waals surface area contributed by atoms with Crippen molar-refractivity contribution in [3.05, 3.63) is 88.7 Å². The van der Waals surface area contributed by atoms with Crippen LogP contribution in [-0.4, -0.2) is 23.3 Å². The van der Waals surface area contributed by atoms with Gasteiger partial charge in [0.2, 0.25) is 0 Å². The normalized spacial score (nSPS) is 10.2. The number of rotatable bonds is 6. The highest BCUT2D eigenvalue weighted by molar-refractivity contribution is 9.10. The number of nitrogens with one attached hydrogen (secondary N) is 1. The number of anilines is 1. The van der Waals surface area contributed by atoms with Gasteiger partial charge in [-0.2, -0.15) is 0 Å². The number of benzene rings is 2. The lowest BCUT2D eigenvalue weighted by Crippen LogP contribution is -2.20. The number of hydrogen-bond acceptors (Lipinski definition) is 4. The molecular formula is C20H15BrN2O3. The topological polar surface area (TPSA) is 68.3 Å². The molecule has 0 radical (unpaired) electrons. The van der Waals surface area contributed by atoms with Crippen molar-refractivity contribution in [3.63, 3.8) is 0 Å². The molecule has 0 atom stereocenters. The maximum Gasteiger partial charge on any atom is 0.262 e. The van der Waals surface area contributed by atoms with Crippen LogP contribution in [0.1, 0.15) is 15.9 Å². The van der Waals surface area contributed by atoms with E-state index in [1.807, 2.05) is 12.1 Å². The quantitative estimate of drug-likeness (QED) is 0.621. The second-order valence-corrected chi connectivity index (χ2v) is 6.35. The number of amides is 1. The molecular weight excluding hydrogens is 396 g/mol. The number of pyridine rings is 1. The number of ether oxygens (including phenoxy) is 1. The number of carbonyl (C=O) groups excluding carboxylic acids is 2. The van der Waals surface area contributed by atoms with Crippen molar-refractivity contribution >= 4 is 33.3 Å². The first-order valence-corrected chi connectivity index (χ1v) is 8.64. The summed E-state index contributed by atoms with van der Waals surface area (Å²) in [4.78, 5) is 28.2. The Labute approximate surface area is 159 Å². The van der Waals surface area contributed by atoms with Gasteiger partial charge in [0.1, 0.15) is 5.75 Å². The second-order valence-electron chi connectivity index (χ2n) is 5.44. The van der Waals surface area contributed by atoms with E-state index in [-0.39, 0.29) is 18.3 Å². The van der Waals surface area contributed by atoms with Gasteiger partial charge < -0.3 is 10.1 Å². The van der Waals surface area contributed by atoms with E-state index in [0.29, 0.717) is 22.6 Å². The summed E-state index contributed by atoms with van der Waals surface area (Å²) in [5.41, 5.74) is 1.77. The minimum absolute atomic E-state index is 0.0710. The van der Waals surface area contributed by atoms with Gasteiger partial charge in [0, 0.05) is 21.8 Å². The molecule has 26 heavy (non-hydrogen) atoms. The number of hydrogen-bond donors (Lipinski definition) is 1. The molecule has 130 valence electrons. The Hall–Kier alpha value is -2.99. The lowest BCUT2D eigenvalue weighted by molar-refractivity contribution is -0.118. The molecule has 6 heteroatoms. The molecule has 0 spiro atoms. The predicted molar refractivity (Wildman–Crippen MR) is 102 cm³/mol. The molecule has 0 bridgehead atoms. The molecule has 0 fully saturated rings. The third kappa shape index (κ3) is 4.77. The standard InChI is InChI=1S/C20H15BrN2O3/c21-16-7-3-14(4-8-16)20(25)15-5-9-18(10-6-15)26-13-19(24)23-17-2-1-11-22-12-17/h1-12H,13H2,(H,23,24). The molecule has 1 aromatic heterocycles. The van der Waals surface area contributed by atoms with Crippen molar-refractivity contribution in [1.29, 1.82) is 0 Å². The maximum atomic E-state index is 12.4. The van der Waals surface area contributed by atoms with Crippen LogP contribution < -0.4 is 10.1 Å². The van der Waals surface area contributed by atoms with Crippen molar-refractivity contribution < 1.29 is 14.3 Å². The molecule has 0 saturated carbocycles. The second kappa shape index (κ2) is 8.40. The Bertz CT molecular complexity index is 895. The molecule has 1 amide bonds. The van der Waals surface area contributed by atoms with Gasteiger partial charge in [-0.3, -0.25) is 14.6 Å². The zero-order valence-corrected chi connectivity index (χ0v) is 15.3. The van der Waals surface area contributed by atoms with Gasteiger partial charge >= 0.3 is 0 Å². The van der Waals surface area contributed by atoms with Gasteiger partial charge in [-0.25, -0.2) is 0 Å². The summed E-state index contributed by atoms with van der Waals surface area (Å²) >= 11 is 3.35. The Balaban J connectivity index is 1.56. The largest absolute Gasteiger partial charge is 0.484 e. The van der Waals surface area contributed by atoms with Crippen LogP contribution in [-0.2, 0) is 4.79 Å². The SMILES string of the molecule is O=C(COc1ccc(C(=O)c2ccc(Br)cc2)cc1)Nc1cccnc1. The van der Waals surface area contributed by atoms with Gasteiger partial charge in [0.05, 0.1) is 11.9 Å². The van der Waals surface area contributed by atoms with Crippen LogP contribution in [0.3, 0.4) is 0 Å². The van der Waals surface area contributed by atoms with E-state index < -0.39 is 0 Å². The third-order valence-corrected chi connectivity index (χ3v) is 4.07. The molecule has 0 aliphatic carbocycles. The molecule has 5 nitrogen and oxygen atoms in total. The number of halogens is 1. The first-order chi connectivity index (χ1) is 12.6. The first kappa shape index (κ1) is 17.8. The summed E-state index contributed by atoms with van der Waals surface area (Å²) in [6, 6.07) is 17.4. The van der Waals surface area contributed by atoms with Gasteiger partial charge in [-0.05, 0) is 60.7 Å². The van der Waals surface area contributed by atoms with Crippen molar-refractivity contribution in [1.82, 2.24) is 4.98 Å². The molecule has 3 aromatic rings. The highest BCUT2D eigenvalue weighted by atomic mass is 79.9.